The molecule has 0 radical (unpaired) electrons. The normalized spacial score (nSPS) is 10.9. The number of benzene rings is 7. The molecule has 0 bridgehead atoms. The molecule has 0 spiro atoms. The third kappa shape index (κ3) is 6.38. The molecule has 7 aromatic carbocycles. The Morgan fingerprint density at radius 1 is 0.250 bits per heavy atom. The van der Waals surface area contributed by atoms with E-state index in [4.69, 9.17) is 0 Å². The van der Waals surface area contributed by atoms with Gasteiger partial charge in [0.1, 0.15) is 0 Å². The first-order valence-electron chi connectivity index (χ1n) is 16.6. The molecule has 0 fully saturated rings. The summed E-state index contributed by atoms with van der Waals surface area (Å²) < 4.78 is 0. The van der Waals surface area contributed by atoms with Gasteiger partial charge in [0, 0.05) is 34.1 Å². The number of hydrogen-bond donors (Lipinski definition) is 0. The predicted molar refractivity (Wildman–Crippen MR) is 206 cm³/mol. The van der Waals surface area contributed by atoms with Crippen molar-refractivity contribution in [2.45, 2.75) is 27.7 Å². The molecule has 0 heterocycles. The fourth-order valence-electron chi connectivity index (χ4n) is 6.24. The van der Waals surface area contributed by atoms with Gasteiger partial charge in [0.05, 0.1) is 0 Å². The summed E-state index contributed by atoms with van der Waals surface area (Å²) >= 11 is 0. The third-order valence-corrected chi connectivity index (χ3v) is 9.33. The zero-order valence-corrected chi connectivity index (χ0v) is 28.1. The molecule has 0 N–H and O–H groups in total. The second-order valence-electron chi connectivity index (χ2n) is 12.6. The van der Waals surface area contributed by atoms with E-state index in [0.29, 0.717) is 0 Å². The van der Waals surface area contributed by atoms with Gasteiger partial charge in [-0.05, 0) is 145 Å². The van der Waals surface area contributed by atoms with E-state index in [9.17, 15) is 0 Å². The van der Waals surface area contributed by atoms with E-state index in [1.54, 1.807) is 0 Å². The molecular weight excluding hydrogens is 581 g/mol. The van der Waals surface area contributed by atoms with Crippen LogP contribution in [0.15, 0.2) is 170 Å². The third-order valence-electron chi connectivity index (χ3n) is 9.33. The molecule has 0 aliphatic heterocycles. The Bertz CT molecular complexity index is 1970. The van der Waals surface area contributed by atoms with E-state index in [2.05, 4.69) is 207 Å². The predicted octanol–water partition coefficient (Wildman–Crippen LogP) is 13.2. The molecule has 0 aromatic heterocycles. The standard InChI is InChI=1S/C46H40N2/c1-33-15-25-45(31-35(33)3)47(41-11-7-5-8-12-41)43-27-21-39(22-28-43)37-17-19-38(20-18-37)40-23-29-44(30-24-40)48(42-13-9-6-10-14-42)46-26-16-34(2)36(4)32-46/h5-32H,1-4H3. The molecule has 2 nitrogen and oxygen atoms in total. The van der Waals surface area contributed by atoms with Gasteiger partial charge in [-0.2, -0.15) is 0 Å². The summed E-state index contributed by atoms with van der Waals surface area (Å²) in [6.45, 7) is 8.67. The van der Waals surface area contributed by atoms with E-state index >= 15 is 0 Å². The van der Waals surface area contributed by atoms with Gasteiger partial charge in [-0.15, -0.1) is 0 Å². The van der Waals surface area contributed by atoms with Crippen molar-refractivity contribution in [2.24, 2.45) is 0 Å². The molecule has 0 saturated heterocycles. The summed E-state index contributed by atoms with van der Waals surface area (Å²) in [7, 11) is 0. The Hall–Kier alpha value is -5.86. The van der Waals surface area contributed by atoms with Crippen molar-refractivity contribution in [1.82, 2.24) is 0 Å². The molecule has 2 heteroatoms. The fourth-order valence-corrected chi connectivity index (χ4v) is 6.24. The van der Waals surface area contributed by atoms with E-state index in [-0.39, 0.29) is 0 Å². The number of anilines is 6. The summed E-state index contributed by atoms with van der Waals surface area (Å²) in [5, 5.41) is 0. The lowest BCUT2D eigenvalue weighted by molar-refractivity contribution is 1.25. The van der Waals surface area contributed by atoms with Crippen LogP contribution in [-0.2, 0) is 0 Å². The van der Waals surface area contributed by atoms with Gasteiger partial charge in [-0.25, -0.2) is 0 Å². The van der Waals surface area contributed by atoms with Crippen LogP contribution in [0.2, 0.25) is 0 Å². The highest BCUT2D eigenvalue weighted by atomic mass is 15.1. The Morgan fingerprint density at radius 2 is 0.521 bits per heavy atom. The lowest BCUT2D eigenvalue weighted by Gasteiger charge is -2.26. The average molecular weight is 621 g/mol. The molecule has 0 atom stereocenters. The van der Waals surface area contributed by atoms with Gasteiger partial charge in [0.2, 0.25) is 0 Å². The first-order valence-corrected chi connectivity index (χ1v) is 16.6. The number of para-hydroxylation sites is 2. The van der Waals surface area contributed by atoms with Gasteiger partial charge in [-0.3, -0.25) is 0 Å². The fraction of sp³-hybridized carbons (Fsp3) is 0.0870. The minimum absolute atomic E-state index is 1.13. The van der Waals surface area contributed by atoms with Crippen LogP contribution in [0.5, 0.6) is 0 Å². The molecule has 7 aromatic rings. The monoisotopic (exact) mass is 620 g/mol. The quantitative estimate of drug-likeness (QED) is 0.167. The van der Waals surface area contributed by atoms with Gasteiger partial charge in [0.25, 0.3) is 0 Å². The van der Waals surface area contributed by atoms with Gasteiger partial charge in [0.15, 0.2) is 0 Å². The number of aryl methyl sites for hydroxylation is 4. The molecule has 0 aliphatic rings. The van der Waals surface area contributed by atoms with Crippen LogP contribution in [0.3, 0.4) is 0 Å². The van der Waals surface area contributed by atoms with Gasteiger partial charge in [-0.1, -0.05) is 97.1 Å². The summed E-state index contributed by atoms with van der Waals surface area (Å²) in [5.74, 6) is 0. The topological polar surface area (TPSA) is 6.48 Å². The van der Waals surface area contributed by atoms with Gasteiger partial charge >= 0.3 is 0 Å². The van der Waals surface area contributed by atoms with E-state index in [0.717, 1.165) is 34.1 Å². The van der Waals surface area contributed by atoms with Crippen LogP contribution in [-0.4, -0.2) is 0 Å². The van der Waals surface area contributed by atoms with Crippen molar-refractivity contribution in [2.75, 3.05) is 9.80 Å². The van der Waals surface area contributed by atoms with Crippen molar-refractivity contribution in [1.29, 1.82) is 0 Å². The molecule has 234 valence electrons. The maximum absolute atomic E-state index is 2.32. The highest BCUT2D eigenvalue weighted by molar-refractivity contribution is 5.81. The van der Waals surface area contributed by atoms with Crippen molar-refractivity contribution >= 4 is 34.1 Å². The summed E-state index contributed by atoms with van der Waals surface area (Å²) in [4.78, 5) is 4.64. The number of rotatable bonds is 8. The second-order valence-corrected chi connectivity index (χ2v) is 12.6. The van der Waals surface area contributed by atoms with Crippen molar-refractivity contribution in [3.8, 4) is 22.3 Å². The van der Waals surface area contributed by atoms with Crippen molar-refractivity contribution in [3.05, 3.63) is 192 Å². The first-order chi connectivity index (χ1) is 23.4. The smallest absolute Gasteiger partial charge is 0.0464 e. The van der Waals surface area contributed by atoms with Crippen molar-refractivity contribution < 1.29 is 0 Å². The van der Waals surface area contributed by atoms with Crippen LogP contribution < -0.4 is 9.80 Å². The number of nitrogens with zero attached hydrogens (tertiary/aromatic N) is 2. The maximum atomic E-state index is 2.32. The minimum atomic E-state index is 1.13. The van der Waals surface area contributed by atoms with Crippen LogP contribution in [0, 0.1) is 27.7 Å². The van der Waals surface area contributed by atoms with E-state index in [1.165, 1.54) is 44.5 Å². The number of hydrogen-bond acceptors (Lipinski definition) is 2. The Kier molecular flexibility index (Phi) is 8.64. The summed E-state index contributed by atoms with van der Waals surface area (Å²) in [6.07, 6.45) is 0. The highest BCUT2D eigenvalue weighted by Gasteiger charge is 2.15. The summed E-state index contributed by atoms with van der Waals surface area (Å²) in [5.41, 5.74) is 16.8. The zero-order valence-electron chi connectivity index (χ0n) is 28.1. The minimum Gasteiger partial charge on any atom is -0.310 e. The SMILES string of the molecule is Cc1ccc(N(c2ccccc2)c2ccc(-c3ccc(-c4ccc(N(c5ccccc5)c5ccc(C)c(C)c5)cc4)cc3)cc2)cc1C. The van der Waals surface area contributed by atoms with Crippen LogP contribution in [0.1, 0.15) is 22.3 Å². The molecule has 48 heavy (non-hydrogen) atoms. The van der Waals surface area contributed by atoms with E-state index < -0.39 is 0 Å². The molecule has 0 unspecified atom stereocenters. The Balaban J connectivity index is 1.13. The highest BCUT2D eigenvalue weighted by Crippen LogP contribution is 2.38. The second kappa shape index (κ2) is 13.5. The van der Waals surface area contributed by atoms with Crippen LogP contribution in [0.4, 0.5) is 34.1 Å². The first kappa shape index (κ1) is 30.8. The molecular formula is C46H40N2. The van der Waals surface area contributed by atoms with Gasteiger partial charge < -0.3 is 9.80 Å². The molecule has 0 saturated carbocycles. The largest absolute Gasteiger partial charge is 0.310 e. The van der Waals surface area contributed by atoms with Crippen LogP contribution >= 0.6 is 0 Å². The maximum Gasteiger partial charge on any atom is 0.0464 e. The van der Waals surface area contributed by atoms with Crippen molar-refractivity contribution in [3.63, 3.8) is 0 Å². The van der Waals surface area contributed by atoms with Crippen LogP contribution in [0.25, 0.3) is 22.3 Å². The molecule has 7 rings (SSSR count). The lowest BCUT2D eigenvalue weighted by Crippen LogP contribution is -2.10. The molecule has 0 aliphatic carbocycles. The molecule has 0 amide bonds. The zero-order chi connectivity index (χ0) is 33.0. The van der Waals surface area contributed by atoms with E-state index in [1.807, 2.05) is 0 Å². The lowest BCUT2D eigenvalue weighted by atomic mass is 9.99. The summed E-state index contributed by atoms with van der Waals surface area (Å²) in [6, 6.07) is 61.2. The average Bonchev–Trinajstić information content (AvgIpc) is 3.13. The Labute approximate surface area is 285 Å². The Morgan fingerprint density at radius 3 is 0.833 bits per heavy atom.